The van der Waals surface area contributed by atoms with Crippen LogP contribution in [0.1, 0.15) is 99.8 Å². The molecule has 8 nitrogen and oxygen atoms in total. The smallest absolute Gasteiger partial charge is 0.306 e. The highest BCUT2D eigenvalue weighted by molar-refractivity contribution is 5.98. The fourth-order valence-corrected chi connectivity index (χ4v) is 11.2. The number of carbonyl (C=O) groups is 5. The van der Waals surface area contributed by atoms with E-state index < -0.39 is 35.8 Å². The van der Waals surface area contributed by atoms with E-state index in [0.717, 1.165) is 32.1 Å². The minimum atomic E-state index is -1.36. The number of esters is 2. The van der Waals surface area contributed by atoms with E-state index in [0.29, 0.717) is 18.3 Å². The summed E-state index contributed by atoms with van der Waals surface area (Å²) in [6, 6.07) is 0. The first-order valence-corrected chi connectivity index (χ1v) is 16.9. The molecular weight excluding hydrogens is 572 g/mol. The van der Waals surface area contributed by atoms with Gasteiger partial charge in [-0.3, -0.25) is 19.2 Å². The van der Waals surface area contributed by atoms with Gasteiger partial charge >= 0.3 is 11.9 Å². The monoisotopic (exact) mass is 624 g/mol. The van der Waals surface area contributed by atoms with Crippen molar-refractivity contribution in [3.63, 3.8) is 0 Å². The zero-order valence-electron chi connectivity index (χ0n) is 28.1. The summed E-state index contributed by atoms with van der Waals surface area (Å²) in [6.07, 6.45) is 8.09. The highest BCUT2D eigenvalue weighted by Gasteiger charge is 2.81. The lowest BCUT2D eigenvalue weighted by Gasteiger charge is -2.61. The van der Waals surface area contributed by atoms with Crippen LogP contribution in [-0.2, 0) is 33.4 Å². The standard InChI is InChI=1S/C37H52O8/c1-20(18-44-30(41)12-9-21(2)38)22(3)32(42)33(43)24(5)31-28(45-25(6)39)17-35(8)29-11-10-26-23(4)27(40)13-14-36(26)19-37(29,36)16-15-34(31,35)7/h13-14,20,23-24,26,28-29,31,33,43H,3,9-12,15-19H2,1-2,4-8H3/t20-,23-,24-,26?,28-,29?,31-,33+,34+,35-,36+,37-/m0/s1. The molecule has 0 aromatic rings. The van der Waals surface area contributed by atoms with Crippen LogP contribution in [-0.4, -0.2) is 53.2 Å². The molecule has 12 atom stereocenters. The quantitative estimate of drug-likeness (QED) is 0.233. The Labute approximate surface area is 267 Å². The van der Waals surface area contributed by atoms with Crippen LogP contribution in [0.3, 0.4) is 0 Å². The fourth-order valence-electron chi connectivity index (χ4n) is 11.2. The van der Waals surface area contributed by atoms with E-state index in [1.807, 2.05) is 13.0 Å². The van der Waals surface area contributed by atoms with Crippen LogP contribution in [0.2, 0.25) is 0 Å². The van der Waals surface area contributed by atoms with Crippen molar-refractivity contribution in [2.75, 3.05) is 6.61 Å². The van der Waals surface area contributed by atoms with Gasteiger partial charge in [-0.25, -0.2) is 0 Å². The Hall–Kier alpha value is -2.61. The summed E-state index contributed by atoms with van der Waals surface area (Å²) in [5, 5.41) is 11.6. The third kappa shape index (κ3) is 5.08. The third-order valence-electron chi connectivity index (χ3n) is 13.8. The molecule has 4 fully saturated rings. The molecule has 0 saturated heterocycles. The molecular formula is C37H52O8. The molecule has 0 aromatic carbocycles. The molecule has 8 heteroatoms. The van der Waals surface area contributed by atoms with Crippen molar-refractivity contribution < 1.29 is 38.6 Å². The zero-order valence-corrected chi connectivity index (χ0v) is 28.1. The summed E-state index contributed by atoms with van der Waals surface area (Å²) in [7, 11) is 0. The predicted molar refractivity (Wildman–Crippen MR) is 167 cm³/mol. The molecule has 0 heterocycles. The number of fused-ring (bicyclic) bond motifs is 2. The predicted octanol–water partition coefficient (Wildman–Crippen LogP) is 5.59. The average molecular weight is 625 g/mol. The first kappa shape index (κ1) is 33.7. The lowest BCUT2D eigenvalue weighted by atomic mass is 9.43. The second-order valence-corrected chi connectivity index (χ2v) is 15.8. The molecule has 5 aliphatic rings. The number of allylic oxidation sites excluding steroid dienone is 2. The molecule has 1 N–H and O–H groups in total. The van der Waals surface area contributed by atoms with Gasteiger partial charge in [0.05, 0.1) is 13.0 Å². The number of carbonyl (C=O) groups excluding carboxylic acids is 5. The van der Waals surface area contributed by atoms with Crippen LogP contribution >= 0.6 is 0 Å². The van der Waals surface area contributed by atoms with E-state index in [1.165, 1.54) is 13.8 Å². The lowest BCUT2D eigenvalue weighted by Crippen LogP contribution is -2.56. The summed E-state index contributed by atoms with van der Waals surface area (Å²) in [5.41, 5.74) is -0.100. The number of Topliss-reactive ketones (excluding diaryl/α,β-unsaturated/α-hetero) is 2. The van der Waals surface area contributed by atoms with Gasteiger partial charge in [0.15, 0.2) is 11.6 Å². The first-order chi connectivity index (χ1) is 21.0. The van der Waals surface area contributed by atoms with Gasteiger partial charge in [-0.2, -0.15) is 0 Å². The molecule has 2 spiro atoms. The topological polar surface area (TPSA) is 124 Å². The van der Waals surface area contributed by atoms with Gasteiger partial charge in [0.25, 0.3) is 0 Å². The number of ketones is 3. The Morgan fingerprint density at radius 1 is 1.07 bits per heavy atom. The van der Waals surface area contributed by atoms with Crippen LogP contribution in [0.4, 0.5) is 0 Å². The maximum atomic E-state index is 13.6. The first-order valence-electron chi connectivity index (χ1n) is 16.9. The molecule has 248 valence electrons. The van der Waals surface area contributed by atoms with Crippen molar-refractivity contribution in [3.8, 4) is 0 Å². The number of hydrogen-bond donors (Lipinski definition) is 1. The van der Waals surface area contributed by atoms with E-state index in [1.54, 1.807) is 6.92 Å². The maximum absolute atomic E-state index is 13.6. The third-order valence-corrected chi connectivity index (χ3v) is 13.8. The molecule has 5 aliphatic carbocycles. The van der Waals surface area contributed by atoms with Crippen molar-refractivity contribution in [1.29, 1.82) is 0 Å². The van der Waals surface area contributed by atoms with Gasteiger partial charge in [0.1, 0.15) is 18.0 Å². The summed E-state index contributed by atoms with van der Waals surface area (Å²) in [5.74, 6) is -1.69. The Balaban J connectivity index is 1.36. The number of ether oxygens (including phenoxy) is 2. The van der Waals surface area contributed by atoms with Gasteiger partial charge in [-0.05, 0) is 96.5 Å². The Morgan fingerprint density at radius 2 is 1.76 bits per heavy atom. The molecule has 0 aliphatic heterocycles. The normalized spacial score (nSPS) is 41.3. The molecule has 0 aromatic heterocycles. The van der Waals surface area contributed by atoms with Crippen molar-refractivity contribution in [2.45, 2.75) is 112 Å². The summed E-state index contributed by atoms with van der Waals surface area (Å²) in [6.45, 7) is 17.1. The molecule has 45 heavy (non-hydrogen) atoms. The minimum absolute atomic E-state index is 0.0177. The van der Waals surface area contributed by atoms with Crippen LogP contribution in [0.15, 0.2) is 24.3 Å². The molecule has 2 unspecified atom stereocenters. The Bertz CT molecular complexity index is 1330. The van der Waals surface area contributed by atoms with Crippen LogP contribution in [0, 0.1) is 57.2 Å². The van der Waals surface area contributed by atoms with E-state index in [-0.39, 0.29) is 76.1 Å². The fraction of sp³-hybridized carbons (Fsp3) is 0.757. The Morgan fingerprint density at radius 3 is 2.40 bits per heavy atom. The molecule has 5 rings (SSSR count). The van der Waals surface area contributed by atoms with Gasteiger partial charge in [-0.15, -0.1) is 0 Å². The van der Waals surface area contributed by atoms with Crippen molar-refractivity contribution in [3.05, 3.63) is 24.3 Å². The zero-order chi connectivity index (χ0) is 33.3. The van der Waals surface area contributed by atoms with Gasteiger partial charge in [0, 0.05) is 31.1 Å². The summed E-state index contributed by atoms with van der Waals surface area (Å²) >= 11 is 0. The van der Waals surface area contributed by atoms with Gasteiger partial charge < -0.3 is 19.4 Å². The van der Waals surface area contributed by atoms with Crippen molar-refractivity contribution in [2.24, 2.45) is 57.2 Å². The van der Waals surface area contributed by atoms with Crippen molar-refractivity contribution in [1.82, 2.24) is 0 Å². The van der Waals surface area contributed by atoms with Gasteiger partial charge in [-0.1, -0.05) is 47.3 Å². The molecule has 0 bridgehead atoms. The van der Waals surface area contributed by atoms with Crippen LogP contribution < -0.4 is 0 Å². The summed E-state index contributed by atoms with van der Waals surface area (Å²) in [4.78, 5) is 61.9. The highest BCUT2D eigenvalue weighted by atomic mass is 16.5. The second-order valence-electron chi connectivity index (χ2n) is 15.8. The molecule has 4 saturated carbocycles. The SMILES string of the molecule is C=C(C(=O)[C@H](O)[C@@H](C)[C@H]1[C@@H](OC(C)=O)C[C@@]2(C)C3CCC4[C@H](C)C(=O)C=C[C@@]45C[C@@]35CC[C@]12C)[C@@H](C)COC(=O)CCC(C)=O. The van der Waals surface area contributed by atoms with Crippen molar-refractivity contribution >= 4 is 29.3 Å². The second kappa shape index (κ2) is 11.6. The van der Waals surface area contributed by atoms with Crippen LogP contribution in [0.25, 0.3) is 0 Å². The largest absolute Gasteiger partial charge is 0.465 e. The highest BCUT2D eigenvalue weighted by Crippen LogP contribution is 2.87. The van der Waals surface area contributed by atoms with E-state index in [4.69, 9.17) is 9.47 Å². The van der Waals surface area contributed by atoms with E-state index >= 15 is 0 Å². The van der Waals surface area contributed by atoms with Crippen LogP contribution in [0.5, 0.6) is 0 Å². The number of aliphatic hydroxyl groups is 1. The van der Waals surface area contributed by atoms with Gasteiger partial charge in [0.2, 0.25) is 0 Å². The average Bonchev–Trinajstić information content (AvgIpc) is 3.59. The minimum Gasteiger partial charge on any atom is -0.465 e. The maximum Gasteiger partial charge on any atom is 0.306 e. The Kier molecular flexibility index (Phi) is 8.68. The number of hydrogen-bond acceptors (Lipinski definition) is 8. The number of rotatable bonds is 11. The van der Waals surface area contributed by atoms with E-state index in [9.17, 15) is 29.1 Å². The van der Waals surface area contributed by atoms with E-state index in [2.05, 4.69) is 33.4 Å². The lowest BCUT2D eigenvalue weighted by molar-refractivity contribution is -0.155. The molecule has 0 amide bonds. The molecule has 0 radical (unpaired) electrons. The summed E-state index contributed by atoms with van der Waals surface area (Å²) < 4.78 is 11.3. The number of aliphatic hydroxyl groups excluding tert-OH is 1.